The number of ether oxygens (including phenoxy) is 2. The standard InChI is InChI=1S/C16H21N3O3S.ClH/c1-19(8-12-9-23-10-18-12)16(20)7-13(17)11-4-5-14(21-2)15(6-11)22-3;/h4-6,9-10,13H,7-8,17H2,1-3H3;1H. The predicted molar refractivity (Wildman–Crippen MR) is 96.9 cm³/mol. The van der Waals surface area contributed by atoms with Crippen molar-refractivity contribution in [2.75, 3.05) is 21.3 Å². The number of hydrogen-bond donors (Lipinski definition) is 1. The highest BCUT2D eigenvalue weighted by molar-refractivity contribution is 7.07. The van der Waals surface area contributed by atoms with Crippen LogP contribution in [0.4, 0.5) is 0 Å². The van der Waals surface area contributed by atoms with Crippen LogP contribution in [0.15, 0.2) is 29.1 Å². The third kappa shape index (κ3) is 5.09. The van der Waals surface area contributed by atoms with Crippen molar-refractivity contribution in [2.24, 2.45) is 5.73 Å². The van der Waals surface area contributed by atoms with Crippen LogP contribution in [0.2, 0.25) is 0 Å². The highest BCUT2D eigenvalue weighted by Gasteiger charge is 2.17. The van der Waals surface area contributed by atoms with Gasteiger partial charge in [0, 0.05) is 24.9 Å². The van der Waals surface area contributed by atoms with E-state index < -0.39 is 6.04 Å². The maximum Gasteiger partial charge on any atom is 0.224 e. The van der Waals surface area contributed by atoms with E-state index in [-0.39, 0.29) is 24.7 Å². The number of carbonyl (C=O) groups excluding carboxylic acids is 1. The zero-order valence-electron chi connectivity index (χ0n) is 13.9. The first-order valence-electron chi connectivity index (χ1n) is 7.13. The van der Waals surface area contributed by atoms with Crippen molar-refractivity contribution < 1.29 is 14.3 Å². The average Bonchev–Trinajstić information content (AvgIpc) is 3.06. The molecule has 2 aromatic rings. The van der Waals surface area contributed by atoms with Gasteiger partial charge in [-0.15, -0.1) is 23.7 Å². The summed E-state index contributed by atoms with van der Waals surface area (Å²) in [6.45, 7) is 0.487. The molecule has 1 aromatic heterocycles. The van der Waals surface area contributed by atoms with E-state index in [9.17, 15) is 4.79 Å². The molecule has 6 nitrogen and oxygen atoms in total. The van der Waals surface area contributed by atoms with Gasteiger partial charge in [-0.2, -0.15) is 0 Å². The first kappa shape index (κ1) is 20.2. The van der Waals surface area contributed by atoms with Gasteiger partial charge in [-0.1, -0.05) is 6.07 Å². The molecular formula is C16H22ClN3O3S. The van der Waals surface area contributed by atoms with Gasteiger partial charge in [-0.25, -0.2) is 4.98 Å². The number of carbonyl (C=O) groups is 1. The normalized spacial score (nSPS) is 11.3. The highest BCUT2D eigenvalue weighted by atomic mass is 35.5. The molecule has 24 heavy (non-hydrogen) atoms. The number of hydrogen-bond acceptors (Lipinski definition) is 6. The van der Waals surface area contributed by atoms with E-state index in [1.807, 2.05) is 11.4 Å². The molecule has 132 valence electrons. The Bertz CT molecular complexity index is 652. The SMILES string of the molecule is COc1ccc(C(N)CC(=O)N(C)Cc2cscn2)cc1OC.Cl. The number of thiazole rings is 1. The lowest BCUT2D eigenvalue weighted by Gasteiger charge is -2.19. The molecule has 0 saturated heterocycles. The fourth-order valence-electron chi connectivity index (χ4n) is 2.19. The third-order valence-corrected chi connectivity index (χ3v) is 4.17. The first-order chi connectivity index (χ1) is 11.0. The van der Waals surface area contributed by atoms with E-state index in [0.717, 1.165) is 11.3 Å². The lowest BCUT2D eigenvalue weighted by molar-refractivity contribution is -0.130. The second-order valence-corrected chi connectivity index (χ2v) is 5.87. The van der Waals surface area contributed by atoms with Gasteiger partial charge in [0.1, 0.15) is 0 Å². The van der Waals surface area contributed by atoms with Gasteiger partial charge in [-0.05, 0) is 17.7 Å². The molecule has 1 amide bonds. The molecule has 0 saturated carbocycles. The predicted octanol–water partition coefficient (Wildman–Crippen LogP) is 2.63. The van der Waals surface area contributed by atoms with E-state index in [2.05, 4.69) is 4.98 Å². The number of nitrogens with two attached hydrogens (primary N) is 1. The van der Waals surface area contributed by atoms with Gasteiger partial charge < -0.3 is 20.1 Å². The first-order valence-corrected chi connectivity index (χ1v) is 8.08. The molecule has 0 aliphatic rings. The smallest absolute Gasteiger partial charge is 0.224 e. The Balaban J connectivity index is 0.00000288. The molecule has 2 rings (SSSR count). The molecule has 2 N–H and O–H groups in total. The van der Waals surface area contributed by atoms with Crippen LogP contribution in [0.3, 0.4) is 0 Å². The Morgan fingerprint density at radius 1 is 1.33 bits per heavy atom. The zero-order chi connectivity index (χ0) is 16.8. The van der Waals surface area contributed by atoms with Crippen molar-refractivity contribution >= 4 is 29.7 Å². The van der Waals surface area contributed by atoms with Crippen molar-refractivity contribution in [3.05, 3.63) is 40.3 Å². The average molecular weight is 372 g/mol. The minimum Gasteiger partial charge on any atom is -0.493 e. The quantitative estimate of drug-likeness (QED) is 0.809. The Morgan fingerprint density at radius 3 is 2.62 bits per heavy atom. The summed E-state index contributed by atoms with van der Waals surface area (Å²) in [5.74, 6) is 1.21. The van der Waals surface area contributed by atoms with Crippen LogP contribution >= 0.6 is 23.7 Å². The molecule has 0 bridgehead atoms. The van der Waals surface area contributed by atoms with Crippen LogP contribution in [0.1, 0.15) is 23.7 Å². The van der Waals surface area contributed by atoms with Gasteiger partial charge in [-0.3, -0.25) is 4.79 Å². The summed E-state index contributed by atoms with van der Waals surface area (Å²) in [5, 5.41) is 1.93. The maximum atomic E-state index is 12.3. The second kappa shape index (κ2) is 9.46. The lowest BCUT2D eigenvalue weighted by Crippen LogP contribution is -2.29. The number of benzene rings is 1. The summed E-state index contributed by atoms with van der Waals surface area (Å²) in [5.41, 5.74) is 9.63. The molecule has 0 aliphatic heterocycles. The Hall–Kier alpha value is -1.83. The summed E-state index contributed by atoms with van der Waals surface area (Å²) in [6, 6.07) is 5.04. The summed E-state index contributed by atoms with van der Waals surface area (Å²) in [7, 11) is 4.90. The van der Waals surface area contributed by atoms with Gasteiger partial charge in [0.25, 0.3) is 0 Å². The molecule has 1 heterocycles. The third-order valence-electron chi connectivity index (χ3n) is 3.54. The van der Waals surface area contributed by atoms with Crippen LogP contribution < -0.4 is 15.2 Å². The second-order valence-electron chi connectivity index (χ2n) is 5.15. The van der Waals surface area contributed by atoms with Crippen LogP contribution in [0.5, 0.6) is 11.5 Å². The lowest BCUT2D eigenvalue weighted by atomic mass is 10.0. The fraction of sp³-hybridized carbons (Fsp3) is 0.375. The highest BCUT2D eigenvalue weighted by Crippen LogP contribution is 2.30. The van der Waals surface area contributed by atoms with Gasteiger partial charge >= 0.3 is 0 Å². The Labute approximate surface area is 152 Å². The Morgan fingerprint density at radius 2 is 2.04 bits per heavy atom. The van der Waals surface area contributed by atoms with Crippen molar-refractivity contribution in [3.8, 4) is 11.5 Å². The van der Waals surface area contributed by atoms with Crippen molar-refractivity contribution in [2.45, 2.75) is 19.0 Å². The van der Waals surface area contributed by atoms with E-state index in [4.69, 9.17) is 15.2 Å². The number of methoxy groups -OCH3 is 2. The summed E-state index contributed by atoms with van der Waals surface area (Å²) < 4.78 is 10.5. The van der Waals surface area contributed by atoms with E-state index in [1.165, 1.54) is 11.3 Å². The van der Waals surface area contributed by atoms with Crippen LogP contribution in [0, 0.1) is 0 Å². The van der Waals surface area contributed by atoms with E-state index in [1.54, 1.807) is 43.8 Å². The number of rotatable bonds is 7. The molecule has 8 heteroatoms. The molecule has 0 aliphatic carbocycles. The summed E-state index contributed by atoms with van der Waals surface area (Å²) in [6.07, 6.45) is 0.218. The minimum absolute atomic E-state index is 0. The minimum atomic E-state index is -0.403. The summed E-state index contributed by atoms with van der Waals surface area (Å²) in [4.78, 5) is 18.1. The number of nitrogens with zero attached hydrogens (tertiary/aromatic N) is 2. The molecule has 1 unspecified atom stereocenters. The monoisotopic (exact) mass is 371 g/mol. The van der Waals surface area contributed by atoms with Crippen LogP contribution in [-0.4, -0.2) is 37.1 Å². The number of halogens is 1. The number of amides is 1. The van der Waals surface area contributed by atoms with Crippen molar-refractivity contribution in [1.29, 1.82) is 0 Å². The van der Waals surface area contributed by atoms with Crippen LogP contribution in [-0.2, 0) is 11.3 Å². The molecule has 0 spiro atoms. The fourth-order valence-corrected chi connectivity index (χ4v) is 2.74. The van der Waals surface area contributed by atoms with Crippen LogP contribution in [0.25, 0.3) is 0 Å². The molecular weight excluding hydrogens is 350 g/mol. The zero-order valence-corrected chi connectivity index (χ0v) is 15.5. The maximum absolute atomic E-state index is 12.3. The van der Waals surface area contributed by atoms with Gasteiger partial charge in [0.15, 0.2) is 11.5 Å². The molecule has 0 fully saturated rings. The largest absolute Gasteiger partial charge is 0.493 e. The van der Waals surface area contributed by atoms with Gasteiger partial charge in [0.05, 0.1) is 32.0 Å². The molecule has 0 radical (unpaired) electrons. The van der Waals surface area contributed by atoms with Gasteiger partial charge in [0.2, 0.25) is 5.91 Å². The molecule has 1 atom stereocenters. The van der Waals surface area contributed by atoms with Crippen molar-refractivity contribution in [3.63, 3.8) is 0 Å². The number of aromatic nitrogens is 1. The molecule has 1 aromatic carbocycles. The van der Waals surface area contributed by atoms with E-state index >= 15 is 0 Å². The Kier molecular flexibility index (Phi) is 7.97. The van der Waals surface area contributed by atoms with E-state index in [0.29, 0.717) is 18.0 Å². The topological polar surface area (TPSA) is 77.7 Å². The van der Waals surface area contributed by atoms with Crippen molar-refractivity contribution in [1.82, 2.24) is 9.88 Å². The summed E-state index contributed by atoms with van der Waals surface area (Å²) >= 11 is 1.51.